The molecule has 6 aromatic rings. The second-order valence-electron chi connectivity index (χ2n) is 7.92. The molecular formula is C28H17EuF3N2O2. The third-order valence-electron chi connectivity index (χ3n) is 5.70. The van der Waals surface area contributed by atoms with Gasteiger partial charge in [-0.1, -0.05) is 54.6 Å². The molecule has 0 bridgehead atoms. The van der Waals surface area contributed by atoms with E-state index in [1.807, 2.05) is 24.3 Å². The number of ketones is 1. The Bertz CT molecular complexity index is 1680. The summed E-state index contributed by atoms with van der Waals surface area (Å²) in [5, 5.41) is 14.8. The summed E-state index contributed by atoms with van der Waals surface area (Å²) >= 11 is 0. The number of pyridine rings is 2. The molecule has 2 aromatic heterocycles. The van der Waals surface area contributed by atoms with Crippen molar-refractivity contribution >= 4 is 49.1 Å². The molecule has 1 radical (unpaired) electrons. The molecule has 179 valence electrons. The van der Waals surface area contributed by atoms with E-state index in [-0.39, 0.29) is 54.8 Å². The maximum Gasteiger partial charge on any atom is 0.455 e. The molecule has 6 rings (SSSR count). The maximum atomic E-state index is 12.5. The Balaban J connectivity index is 0.000000176. The molecule has 0 aliphatic heterocycles. The average Bonchev–Trinajstić information content (AvgIpc) is 2.87. The number of aromatic nitrogens is 2. The first-order chi connectivity index (χ1) is 16.8. The van der Waals surface area contributed by atoms with Gasteiger partial charge in [0.2, 0.25) is 0 Å². The van der Waals surface area contributed by atoms with Gasteiger partial charge < -0.3 is 5.11 Å². The zero-order valence-electron chi connectivity index (χ0n) is 18.5. The van der Waals surface area contributed by atoms with Crippen molar-refractivity contribution in [3.05, 3.63) is 103 Å². The molecule has 0 saturated heterocycles. The number of Topliss-reactive ketones (excluding diaryl/α,β-unsaturated/α-hetero) is 1. The third kappa shape index (κ3) is 5.12. The second-order valence-corrected chi connectivity index (χ2v) is 7.92. The van der Waals surface area contributed by atoms with E-state index in [0.717, 1.165) is 38.6 Å². The number of hydrogen-bond acceptors (Lipinski definition) is 4. The number of halogens is 3. The van der Waals surface area contributed by atoms with Crippen molar-refractivity contribution < 1.29 is 72.4 Å². The van der Waals surface area contributed by atoms with E-state index in [4.69, 9.17) is 0 Å². The van der Waals surface area contributed by atoms with E-state index in [9.17, 15) is 23.1 Å². The van der Waals surface area contributed by atoms with Gasteiger partial charge >= 0.3 is 6.18 Å². The zero-order valence-corrected chi connectivity index (χ0v) is 20.9. The minimum absolute atomic E-state index is 0. The third-order valence-corrected chi connectivity index (χ3v) is 5.70. The van der Waals surface area contributed by atoms with Crippen LogP contribution in [0.4, 0.5) is 13.2 Å². The van der Waals surface area contributed by atoms with E-state index in [1.54, 1.807) is 36.7 Å². The summed E-state index contributed by atoms with van der Waals surface area (Å²) in [6.07, 6.45) is -1.41. The smallest absolute Gasteiger partial charge is 0.455 e. The van der Waals surface area contributed by atoms with E-state index in [0.29, 0.717) is 5.39 Å². The molecule has 36 heavy (non-hydrogen) atoms. The molecule has 2 heterocycles. The van der Waals surface area contributed by atoms with Gasteiger partial charge in [-0.2, -0.15) is 13.2 Å². The Morgan fingerprint density at radius 1 is 0.667 bits per heavy atom. The van der Waals surface area contributed by atoms with Gasteiger partial charge in [0, 0.05) is 77.9 Å². The quantitative estimate of drug-likeness (QED) is 0.120. The van der Waals surface area contributed by atoms with Crippen LogP contribution >= 0.6 is 0 Å². The molecule has 1 N–H and O–H groups in total. The van der Waals surface area contributed by atoms with Crippen LogP contribution in [0.5, 0.6) is 5.75 Å². The summed E-state index contributed by atoms with van der Waals surface area (Å²) in [6.45, 7) is 0. The van der Waals surface area contributed by atoms with Crippen LogP contribution in [0.2, 0.25) is 0 Å². The van der Waals surface area contributed by atoms with Gasteiger partial charge in [-0.3, -0.25) is 14.8 Å². The molecule has 0 aliphatic carbocycles. The summed E-state index contributed by atoms with van der Waals surface area (Å²) in [5.74, 6) is -2.68. The minimum atomic E-state index is -5.01. The molecule has 4 aromatic carbocycles. The maximum absolute atomic E-state index is 12.5. The average molecular weight is 622 g/mol. The van der Waals surface area contributed by atoms with Crippen molar-refractivity contribution in [2.45, 2.75) is 6.18 Å². The molecular weight excluding hydrogens is 605 g/mol. The number of alkyl halides is 3. The van der Waals surface area contributed by atoms with Gasteiger partial charge in [-0.15, -0.1) is 0 Å². The molecule has 0 unspecified atom stereocenters. The fourth-order valence-corrected chi connectivity index (χ4v) is 4.01. The van der Waals surface area contributed by atoms with Crippen LogP contribution in [0, 0.1) is 49.4 Å². The first-order valence-electron chi connectivity index (χ1n) is 10.7. The van der Waals surface area contributed by atoms with Gasteiger partial charge in [-0.05, 0) is 46.5 Å². The van der Waals surface area contributed by atoms with Crippen molar-refractivity contribution in [1.29, 1.82) is 0 Å². The minimum Gasteiger partial charge on any atom is -0.507 e. The Morgan fingerprint density at radius 3 is 1.72 bits per heavy atom. The van der Waals surface area contributed by atoms with E-state index < -0.39 is 23.3 Å². The van der Waals surface area contributed by atoms with Crippen molar-refractivity contribution in [1.82, 2.24) is 9.97 Å². The Hall–Kier alpha value is -2.94. The van der Waals surface area contributed by atoms with E-state index >= 15 is 0 Å². The van der Waals surface area contributed by atoms with Crippen LogP contribution in [0.1, 0.15) is 10.4 Å². The van der Waals surface area contributed by atoms with Gasteiger partial charge in [0.15, 0.2) is 0 Å². The zero-order chi connectivity index (χ0) is 24.6. The predicted molar refractivity (Wildman–Crippen MR) is 131 cm³/mol. The summed E-state index contributed by atoms with van der Waals surface area (Å²) in [6, 6.07) is 25.2. The number of carbonyl (C=O) groups is 1. The number of phenols is 1. The first-order valence-corrected chi connectivity index (χ1v) is 10.7. The summed E-state index contributed by atoms with van der Waals surface area (Å²) in [4.78, 5) is 20.0. The van der Waals surface area contributed by atoms with Crippen molar-refractivity contribution in [3.63, 3.8) is 0 Å². The summed E-state index contributed by atoms with van der Waals surface area (Å²) < 4.78 is 37.5. The number of rotatable bonds is 1. The number of hydrogen-bond donors (Lipinski definition) is 1. The van der Waals surface area contributed by atoms with Gasteiger partial charge in [0.05, 0.1) is 16.6 Å². The molecule has 0 fully saturated rings. The van der Waals surface area contributed by atoms with Crippen LogP contribution in [-0.2, 0) is 0 Å². The van der Waals surface area contributed by atoms with Crippen LogP contribution in [0.15, 0.2) is 97.3 Å². The predicted octanol–water partition coefficient (Wildman–Crippen LogP) is 7.23. The van der Waals surface area contributed by atoms with E-state index in [1.165, 1.54) is 6.07 Å². The summed E-state index contributed by atoms with van der Waals surface area (Å²) in [7, 11) is 0. The Morgan fingerprint density at radius 2 is 1.17 bits per heavy atom. The molecule has 0 amide bonds. The number of fused-ring (bicyclic) bond motifs is 5. The van der Waals surface area contributed by atoms with Crippen molar-refractivity contribution in [2.75, 3.05) is 0 Å². The Kier molecular flexibility index (Phi) is 7.69. The fourth-order valence-electron chi connectivity index (χ4n) is 4.01. The topological polar surface area (TPSA) is 63.1 Å². The number of aromatic hydroxyl groups is 1. The molecule has 8 heteroatoms. The number of benzene rings is 4. The van der Waals surface area contributed by atoms with Crippen LogP contribution < -0.4 is 0 Å². The van der Waals surface area contributed by atoms with Crippen molar-refractivity contribution in [3.8, 4) is 5.75 Å². The van der Waals surface area contributed by atoms with Crippen molar-refractivity contribution in [2.24, 2.45) is 0 Å². The van der Waals surface area contributed by atoms with Gasteiger partial charge in [0.1, 0.15) is 5.75 Å². The normalized spacial score (nSPS) is 11.2. The second kappa shape index (κ2) is 10.6. The van der Waals surface area contributed by atoms with Crippen LogP contribution in [0.25, 0.3) is 43.4 Å². The number of carbonyl (C=O) groups excluding carboxylic acids is 1. The number of phenolic OH excluding ortho intramolecular Hbond substituents is 1. The monoisotopic (exact) mass is 623 g/mol. The molecule has 0 aliphatic rings. The van der Waals surface area contributed by atoms with Gasteiger partial charge in [-0.25, -0.2) is 0 Å². The molecule has 0 atom stereocenters. The summed E-state index contributed by atoms with van der Waals surface area (Å²) in [5.41, 5.74) is 1.22. The van der Waals surface area contributed by atoms with Crippen LogP contribution in [0.3, 0.4) is 0 Å². The van der Waals surface area contributed by atoms with E-state index in [2.05, 4.69) is 34.2 Å². The number of nitrogens with zero attached hydrogens (tertiary/aromatic N) is 2. The van der Waals surface area contributed by atoms with Crippen LogP contribution in [-0.4, -0.2) is 27.0 Å². The first kappa shape index (κ1) is 26.1. The SMILES string of the molecule is O=C(c1ccc2cc3ccccc3cc2c1O)C(F)(F)F.[Eu].c1cnc2c(c1)ccc1cccnc12. The molecule has 0 spiro atoms. The Labute approximate surface area is 244 Å². The molecule has 4 nitrogen and oxygen atoms in total. The van der Waals surface area contributed by atoms with Gasteiger partial charge in [0.25, 0.3) is 5.78 Å². The fraction of sp³-hybridized carbons (Fsp3) is 0.0357. The molecule has 0 saturated carbocycles. The standard InChI is InChI=1S/C16H9F3O2.C12H8N2.Eu/c17-16(18,19)15(21)12-6-5-11-7-9-3-1-2-4-10(9)8-13(11)14(12)20;1-3-9-5-6-10-4-2-8-14-12(10)11(9)13-7-1;/h1-8,20H;1-8H;. The largest absolute Gasteiger partial charge is 0.507 e.